The zero-order chi connectivity index (χ0) is 23.4. The summed E-state index contributed by atoms with van der Waals surface area (Å²) in [6, 6.07) is 18.0. The molecule has 2 aromatic carbocycles. The van der Waals surface area contributed by atoms with Gasteiger partial charge < -0.3 is 34.3 Å². The Bertz CT molecular complexity index is 1090. The Hall–Kier alpha value is -3.08. The van der Waals surface area contributed by atoms with Gasteiger partial charge in [-0.1, -0.05) is 48.5 Å². The quantitative estimate of drug-likeness (QED) is 0.453. The number of hydrogen-bond acceptors (Lipinski definition) is 9. The van der Waals surface area contributed by atoms with Crippen LogP contribution in [0.5, 0.6) is 5.88 Å². The number of ether oxygens (including phenoxy) is 4. The summed E-state index contributed by atoms with van der Waals surface area (Å²) in [4.78, 5) is 17.6. The van der Waals surface area contributed by atoms with Gasteiger partial charge in [-0.3, -0.25) is 0 Å². The van der Waals surface area contributed by atoms with Gasteiger partial charge in [0.05, 0.1) is 17.7 Å². The van der Waals surface area contributed by atoms with Crippen molar-refractivity contribution in [2.75, 3.05) is 13.7 Å². The second-order valence-electron chi connectivity index (χ2n) is 7.61. The van der Waals surface area contributed by atoms with Crippen molar-refractivity contribution in [3.05, 3.63) is 71.8 Å². The molecule has 33 heavy (non-hydrogen) atoms. The second kappa shape index (κ2) is 10.2. The molecule has 9 heteroatoms. The van der Waals surface area contributed by atoms with Crippen molar-refractivity contribution in [1.29, 1.82) is 0 Å². The van der Waals surface area contributed by atoms with Crippen molar-refractivity contribution >= 4 is 16.9 Å². The Balaban J connectivity index is 1.60. The van der Waals surface area contributed by atoms with Crippen LogP contribution in [0.1, 0.15) is 15.9 Å². The SMILES string of the molecule is CO[C@H]1O[C@H](CO)[C@@H](O)[C@H](O)[C@H]1OC(=O)c1cc(OCc2ccccc2)nc2ccccc12. The number of carbonyl (C=O) groups is 1. The molecule has 0 bridgehead atoms. The molecular formula is C24H25NO8. The molecule has 174 valence electrons. The third-order valence-corrected chi connectivity index (χ3v) is 5.44. The molecule has 2 heterocycles. The average molecular weight is 455 g/mol. The van der Waals surface area contributed by atoms with Gasteiger partial charge in [-0.25, -0.2) is 9.78 Å². The van der Waals surface area contributed by atoms with Crippen molar-refractivity contribution in [3.63, 3.8) is 0 Å². The predicted molar refractivity (Wildman–Crippen MR) is 116 cm³/mol. The van der Waals surface area contributed by atoms with E-state index >= 15 is 0 Å². The van der Waals surface area contributed by atoms with Crippen LogP contribution in [0, 0.1) is 0 Å². The third kappa shape index (κ3) is 4.97. The van der Waals surface area contributed by atoms with Gasteiger partial charge >= 0.3 is 5.97 Å². The zero-order valence-electron chi connectivity index (χ0n) is 17.9. The molecule has 3 N–H and O–H groups in total. The lowest BCUT2D eigenvalue weighted by molar-refractivity contribution is -0.293. The fourth-order valence-corrected chi connectivity index (χ4v) is 3.68. The number of aliphatic hydroxyl groups excluding tert-OH is 3. The highest BCUT2D eigenvalue weighted by molar-refractivity contribution is 6.03. The first-order valence-electron chi connectivity index (χ1n) is 10.4. The summed E-state index contributed by atoms with van der Waals surface area (Å²) in [7, 11) is 1.31. The maximum atomic E-state index is 13.2. The highest BCUT2D eigenvalue weighted by Crippen LogP contribution is 2.28. The predicted octanol–water partition coefficient (Wildman–Crippen LogP) is 1.42. The summed E-state index contributed by atoms with van der Waals surface area (Å²) in [6.45, 7) is -0.272. The maximum absolute atomic E-state index is 13.2. The summed E-state index contributed by atoms with van der Waals surface area (Å²) in [5.41, 5.74) is 1.64. The number of aliphatic hydroxyl groups is 3. The van der Waals surface area contributed by atoms with Gasteiger partial charge in [-0.15, -0.1) is 0 Å². The van der Waals surface area contributed by atoms with Crippen LogP contribution in [0.3, 0.4) is 0 Å². The van der Waals surface area contributed by atoms with Crippen LogP contribution in [0.25, 0.3) is 10.9 Å². The van der Waals surface area contributed by atoms with Gasteiger partial charge in [-0.05, 0) is 11.6 Å². The first-order chi connectivity index (χ1) is 16.0. The van der Waals surface area contributed by atoms with Crippen molar-refractivity contribution in [1.82, 2.24) is 4.98 Å². The Morgan fingerprint density at radius 1 is 1.06 bits per heavy atom. The molecule has 0 aliphatic carbocycles. The zero-order valence-corrected chi connectivity index (χ0v) is 17.9. The number of hydrogen-bond donors (Lipinski definition) is 3. The number of aromatic nitrogens is 1. The summed E-state index contributed by atoms with van der Waals surface area (Å²) in [5, 5.41) is 30.5. The number of pyridine rings is 1. The van der Waals surface area contributed by atoms with Crippen LogP contribution < -0.4 is 4.74 Å². The second-order valence-corrected chi connectivity index (χ2v) is 7.61. The molecular weight excluding hydrogens is 430 g/mol. The molecule has 0 spiro atoms. The van der Waals surface area contributed by atoms with E-state index in [0.29, 0.717) is 10.9 Å². The van der Waals surface area contributed by atoms with E-state index < -0.39 is 43.3 Å². The standard InChI is InChI=1S/C24H25NO8/c1-30-24-22(21(28)20(27)18(12-26)32-24)33-23(29)16-11-19(25-17-10-6-5-9-15(16)17)31-13-14-7-3-2-4-8-14/h2-11,18,20-22,24,26-28H,12-13H2,1H3/t18-,20-,21+,22-,24+/m1/s1. The average Bonchev–Trinajstić information content (AvgIpc) is 2.85. The Morgan fingerprint density at radius 2 is 1.79 bits per heavy atom. The highest BCUT2D eigenvalue weighted by atomic mass is 16.7. The van der Waals surface area contributed by atoms with E-state index in [9.17, 15) is 20.1 Å². The van der Waals surface area contributed by atoms with Crippen molar-refractivity contribution in [2.45, 2.75) is 37.3 Å². The monoisotopic (exact) mass is 455 g/mol. The summed E-state index contributed by atoms with van der Waals surface area (Å²) >= 11 is 0. The lowest BCUT2D eigenvalue weighted by Crippen LogP contribution is -2.60. The van der Waals surface area contributed by atoms with Gasteiger partial charge in [0, 0.05) is 18.6 Å². The summed E-state index contributed by atoms with van der Waals surface area (Å²) in [6.07, 6.45) is -6.54. The maximum Gasteiger partial charge on any atom is 0.339 e. The van der Waals surface area contributed by atoms with Crippen LogP contribution in [0.4, 0.5) is 0 Å². The molecule has 9 nitrogen and oxygen atoms in total. The minimum absolute atomic E-state index is 0.171. The van der Waals surface area contributed by atoms with Gasteiger partial charge in [-0.2, -0.15) is 0 Å². The van der Waals surface area contributed by atoms with E-state index in [1.807, 2.05) is 30.3 Å². The van der Waals surface area contributed by atoms with Gasteiger partial charge in [0.1, 0.15) is 24.9 Å². The van der Waals surface area contributed by atoms with Crippen molar-refractivity contribution in [2.24, 2.45) is 0 Å². The largest absolute Gasteiger partial charge is 0.473 e. The van der Waals surface area contributed by atoms with Crippen LogP contribution in [-0.2, 0) is 20.8 Å². The number of nitrogens with zero attached hydrogens (tertiary/aromatic N) is 1. The fraction of sp³-hybridized carbons (Fsp3) is 0.333. The minimum Gasteiger partial charge on any atom is -0.473 e. The third-order valence-electron chi connectivity index (χ3n) is 5.44. The Morgan fingerprint density at radius 3 is 2.52 bits per heavy atom. The van der Waals surface area contributed by atoms with E-state index in [-0.39, 0.29) is 18.1 Å². The molecule has 1 saturated heterocycles. The van der Waals surface area contributed by atoms with Crippen LogP contribution in [-0.4, -0.2) is 70.7 Å². The molecule has 0 amide bonds. The number of methoxy groups -OCH3 is 1. The smallest absolute Gasteiger partial charge is 0.339 e. The normalized spacial score (nSPS) is 25.0. The molecule has 5 atom stereocenters. The van der Waals surface area contributed by atoms with E-state index in [1.54, 1.807) is 24.3 Å². The molecule has 0 radical (unpaired) electrons. The van der Waals surface area contributed by atoms with Crippen molar-refractivity contribution in [3.8, 4) is 5.88 Å². The molecule has 0 saturated carbocycles. The summed E-state index contributed by atoms with van der Waals surface area (Å²) < 4.78 is 21.9. The number of benzene rings is 2. The van der Waals surface area contributed by atoms with E-state index in [1.165, 1.54) is 13.2 Å². The molecule has 1 aliphatic rings. The number of carbonyl (C=O) groups excluding carboxylic acids is 1. The molecule has 1 aliphatic heterocycles. The fourth-order valence-electron chi connectivity index (χ4n) is 3.68. The van der Waals surface area contributed by atoms with Gasteiger partial charge in [0.25, 0.3) is 0 Å². The van der Waals surface area contributed by atoms with Gasteiger partial charge in [0.2, 0.25) is 5.88 Å². The lowest BCUT2D eigenvalue weighted by Gasteiger charge is -2.40. The first kappa shape index (κ1) is 23.1. The van der Waals surface area contributed by atoms with Crippen molar-refractivity contribution < 1.29 is 39.1 Å². The minimum atomic E-state index is -1.52. The molecule has 3 aromatic rings. The van der Waals surface area contributed by atoms with E-state index in [0.717, 1.165) is 5.56 Å². The number of esters is 1. The molecule has 4 rings (SSSR count). The number of para-hydroxylation sites is 1. The first-order valence-corrected chi connectivity index (χ1v) is 10.4. The Kier molecular flexibility index (Phi) is 7.17. The topological polar surface area (TPSA) is 128 Å². The van der Waals surface area contributed by atoms with Crippen LogP contribution in [0.2, 0.25) is 0 Å². The van der Waals surface area contributed by atoms with E-state index in [2.05, 4.69) is 4.98 Å². The molecule has 0 unspecified atom stereocenters. The lowest BCUT2D eigenvalue weighted by atomic mass is 9.99. The molecule has 1 aromatic heterocycles. The highest BCUT2D eigenvalue weighted by Gasteiger charge is 2.47. The number of fused-ring (bicyclic) bond motifs is 1. The summed E-state index contributed by atoms with van der Waals surface area (Å²) in [5.74, 6) is -0.545. The number of rotatable bonds is 7. The molecule has 1 fully saturated rings. The van der Waals surface area contributed by atoms with E-state index in [4.69, 9.17) is 18.9 Å². The van der Waals surface area contributed by atoms with Gasteiger partial charge in [0.15, 0.2) is 12.4 Å². The van der Waals surface area contributed by atoms with Crippen LogP contribution in [0.15, 0.2) is 60.7 Å². The Labute approximate surface area is 190 Å². The van der Waals surface area contributed by atoms with Crippen LogP contribution >= 0.6 is 0 Å².